The summed E-state index contributed by atoms with van der Waals surface area (Å²) in [5.74, 6) is 0.199. The highest BCUT2D eigenvalue weighted by molar-refractivity contribution is 9.11. The normalized spacial score (nSPS) is 11.8. The molecule has 0 fully saturated rings. The number of aromatic hydroxyl groups is 1. The third kappa shape index (κ3) is 4.09. The van der Waals surface area contributed by atoms with Crippen LogP contribution in [0.4, 0.5) is 0 Å². The van der Waals surface area contributed by atoms with Gasteiger partial charge in [-0.3, -0.25) is 0 Å². The molecule has 5 heteroatoms. The van der Waals surface area contributed by atoms with E-state index in [0.717, 1.165) is 20.1 Å². The van der Waals surface area contributed by atoms with Crippen LogP contribution in [0.15, 0.2) is 33.2 Å². The van der Waals surface area contributed by atoms with Gasteiger partial charge in [0.25, 0.3) is 0 Å². The Morgan fingerprint density at radius 1 is 1.50 bits per heavy atom. The predicted octanol–water partition coefficient (Wildman–Crippen LogP) is 4.31. The summed E-state index contributed by atoms with van der Waals surface area (Å²) in [5.41, 5.74) is 7.70. The molecular weight excluding hydrogens is 357 g/mol. The molecule has 0 amide bonds. The average molecular weight is 371 g/mol. The first kappa shape index (κ1) is 16.0. The van der Waals surface area contributed by atoms with E-state index in [4.69, 9.17) is 5.73 Å². The Morgan fingerprint density at radius 3 is 2.50 bits per heavy atom. The largest absolute Gasteiger partial charge is 0.508 e. The van der Waals surface area contributed by atoms with Gasteiger partial charge in [0.2, 0.25) is 0 Å². The molecule has 3 N–H and O–H groups in total. The summed E-state index contributed by atoms with van der Waals surface area (Å²) in [5, 5.41) is 9.79. The number of nitrogens with two attached hydrogens (primary N) is 1. The standard InChI is InChI=1S/C11H13Br2NO.ClH/c1-6(2)3-9(14)11-8(13)4-7(12)5-10(11)15;/h4-5,9,15H,1,3,14H2,2H3;1H/t9-;/m1./s1. The Hall–Kier alpha value is -0.0300. The van der Waals surface area contributed by atoms with Crippen molar-refractivity contribution in [2.75, 3.05) is 0 Å². The van der Waals surface area contributed by atoms with Crippen LogP contribution in [0, 0.1) is 0 Å². The minimum atomic E-state index is -0.232. The molecule has 0 aliphatic heterocycles. The Balaban J connectivity index is 0.00000225. The maximum Gasteiger partial charge on any atom is 0.122 e. The number of phenolic OH excluding ortho intramolecular Hbond substituents is 1. The molecule has 0 radical (unpaired) electrons. The van der Waals surface area contributed by atoms with E-state index in [1.165, 1.54) is 0 Å². The van der Waals surface area contributed by atoms with E-state index in [0.29, 0.717) is 6.42 Å². The number of phenols is 1. The minimum absolute atomic E-state index is 0. The molecule has 16 heavy (non-hydrogen) atoms. The second-order valence-corrected chi connectivity index (χ2v) is 5.36. The van der Waals surface area contributed by atoms with Gasteiger partial charge in [-0.25, -0.2) is 0 Å². The highest BCUT2D eigenvalue weighted by atomic mass is 79.9. The van der Waals surface area contributed by atoms with Gasteiger partial charge in [0, 0.05) is 20.6 Å². The average Bonchev–Trinajstić information content (AvgIpc) is 1.99. The topological polar surface area (TPSA) is 46.2 Å². The molecule has 1 aromatic carbocycles. The molecule has 0 heterocycles. The van der Waals surface area contributed by atoms with E-state index in [2.05, 4.69) is 38.4 Å². The van der Waals surface area contributed by atoms with Crippen LogP contribution in [0.5, 0.6) is 5.75 Å². The lowest BCUT2D eigenvalue weighted by Gasteiger charge is -2.15. The number of benzene rings is 1. The van der Waals surface area contributed by atoms with Gasteiger partial charge in [0.05, 0.1) is 0 Å². The fourth-order valence-electron chi connectivity index (χ4n) is 1.42. The quantitative estimate of drug-likeness (QED) is 0.778. The lowest BCUT2D eigenvalue weighted by Crippen LogP contribution is -2.11. The van der Waals surface area contributed by atoms with Gasteiger partial charge in [0.15, 0.2) is 0 Å². The minimum Gasteiger partial charge on any atom is -0.508 e. The van der Waals surface area contributed by atoms with E-state index in [-0.39, 0.29) is 24.2 Å². The Bertz CT molecular complexity index is 373. The Morgan fingerprint density at radius 2 is 2.06 bits per heavy atom. The molecule has 1 aromatic rings. The molecule has 2 nitrogen and oxygen atoms in total. The van der Waals surface area contributed by atoms with Gasteiger partial charge < -0.3 is 10.8 Å². The van der Waals surface area contributed by atoms with E-state index < -0.39 is 0 Å². The maximum atomic E-state index is 9.79. The highest BCUT2D eigenvalue weighted by Gasteiger charge is 2.15. The molecule has 0 saturated carbocycles. The van der Waals surface area contributed by atoms with Crippen molar-refractivity contribution in [3.63, 3.8) is 0 Å². The Labute approximate surface area is 119 Å². The fourth-order valence-corrected chi connectivity index (χ4v) is 2.91. The second kappa shape index (κ2) is 6.64. The highest BCUT2D eigenvalue weighted by Crippen LogP contribution is 2.35. The molecule has 0 aliphatic rings. The van der Waals surface area contributed by atoms with E-state index in [1.54, 1.807) is 6.07 Å². The van der Waals surface area contributed by atoms with Crippen molar-refractivity contribution in [3.05, 3.63) is 38.8 Å². The zero-order valence-electron chi connectivity index (χ0n) is 8.84. The SMILES string of the molecule is C=C(C)C[C@@H](N)c1c(O)cc(Br)cc1Br.Cl. The van der Waals surface area contributed by atoms with Crippen LogP contribution in [0.2, 0.25) is 0 Å². The number of rotatable bonds is 3. The van der Waals surface area contributed by atoms with Crippen molar-refractivity contribution in [3.8, 4) is 5.75 Å². The van der Waals surface area contributed by atoms with Crippen molar-refractivity contribution in [1.82, 2.24) is 0 Å². The van der Waals surface area contributed by atoms with Crippen molar-refractivity contribution in [1.29, 1.82) is 0 Å². The van der Waals surface area contributed by atoms with Gasteiger partial charge >= 0.3 is 0 Å². The smallest absolute Gasteiger partial charge is 0.122 e. The summed E-state index contributed by atoms with van der Waals surface area (Å²) in [6.45, 7) is 5.73. The lowest BCUT2D eigenvalue weighted by molar-refractivity contribution is 0.460. The number of hydrogen-bond acceptors (Lipinski definition) is 2. The summed E-state index contributed by atoms with van der Waals surface area (Å²) in [4.78, 5) is 0. The van der Waals surface area contributed by atoms with Crippen LogP contribution in [0.3, 0.4) is 0 Å². The predicted molar refractivity (Wildman–Crippen MR) is 77.1 cm³/mol. The van der Waals surface area contributed by atoms with Crippen molar-refractivity contribution >= 4 is 44.3 Å². The van der Waals surface area contributed by atoms with Gasteiger partial charge in [-0.15, -0.1) is 19.0 Å². The summed E-state index contributed by atoms with van der Waals surface area (Å²) in [6.07, 6.45) is 0.661. The van der Waals surface area contributed by atoms with Gasteiger partial charge in [-0.2, -0.15) is 0 Å². The zero-order valence-corrected chi connectivity index (χ0v) is 12.8. The third-order valence-corrected chi connectivity index (χ3v) is 3.13. The molecule has 0 saturated heterocycles. The number of halogens is 3. The lowest BCUT2D eigenvalue weighted by atomic mass is 10.0. The van der Waals surface area contributed by atoms with Crippen LogP contribution < -0.4 is 5.73 Å². The molecule has 90 valence electrons. The molecule has 0 bridgehead atoms. The molecule has 1 rings (SSSR count). The first-order valence-corrected chi connectivity index (χ1v) is 6.08. The van der Waals surface area contributed by atoms with E-state index >= 15 is 0 Å². The monoisotopic (exact) mass is 369 g/mol. The summed E-state index contributed by atoms with van der Waals surface area (Å²) < 4.78 is 1.63. The van der Waals surface area contributed by atoms with Gasteiger partial charge in [0.1, 0.15) is 5.75 Å². The van der Waals surface area contributed by atoms with Crippen molar-refractivity contribution < 1.29 is 5.11 Å². The van der Waals surface area contributed by atoms with Crippen LogP contribution in [-0.4, -0.2) is 5.11 Å². The molecular formula is C11H14Br2ClNO. The van der Waals surface area contributed by atoms with Crippen LogP contribution >= 0.6 is 44.3 Å². The second-order valence-electron chi connectivity index (χ2n) is 3.59. The molecule has 0 unspecified atom stereocenters. The molecule has 1 atom stereocenters. The van der Waals surface area contributed by atoms with Crippen molar-refractivity contribution in [2.45, 2.75) is 19.4 Å². The van der Waals surface area contributed by atoms with Gasteiger partial charge in [-0.1, -0.05) is 37.4 Å². The van der Waals surface area contributed by atoms with Crippen molar-refractivity contribution in [2.24, 2.45) is 5.73 Å². The molecule has 0 spiro atoms. The van der Waals surface area contributed by atoms with Gasteiger partial charge in [-0.05, 0) is 25.5 Å². The first-order chi connectivity index (χ1) is 6.91. The molecule has 0 aromatic heterocycles. The summed E-state index contributed by atoms with van der Waals surface area (Å²) in [6, 6.07) is 3.27. The summed E-state index contributed by atoms with van der Waals surface area (Å²) >= 11 is 6.69. The van der Waals surface area contributed by atoms with Crippen LogP contribution in [-0.2, 0) is 0 Å². The van der Waals surface area contributed by atoms with Crippen LogP contribution in [0.25, 0.3) is 0 Å². The third-order valence-electron chi connectivity index (χ3n) is 2.01. The number of hydrogen-bond donors (Lipinski definition) is 2. The first-order valence-electron chi connectivity index (χ1n) is 4.49. The fraction of sp³-hybridized carbons (Fsp3) is 0.273. The van der Waals surface area contributed by atoms with E-state index in [9.17, 15) is 5.11 Å². The summed E-state index contributed by atoms with van der Waals surface area (Å²) in [7, 11) is 0. The molecule has 0 aliphatic carbocycles. The van der Waals surface area contributed by atoms with Crippen LogP contribution in [0.1, 0.15) is 24.9 Å². The Kier molecular flexibility index (Phi) is 6.63. The maximum absolute atomic E-state index is 9.79. The zero-order chi connectivity index (χ0) is 11.6. The van der Waals surface area contributed by atoms with E-state index in [1.807, 2.05) is 13.0 Å².